The Kier molecular flexibility index (Phi) is 4.87. The summed E-state index contributed by atoms with van der Waals surface area (Å²) in [5.41, 5.74) is 1.85. The van der Waals surface area contributed by atoms with Gasteiger partial charge in [0.25, 0.3) is 0 Å². The molecule has 0 bridgehead atoms. The number of nitrogens with one attached hydrogen (secondary N) is 3. The lowest BCUT2D eigenvalue weighted by Crippen LogP contribution is -2.28. The van der Waals surface area contributed by atoms with Gasteiger partial charge in [0.15, 0.2) is 10.6 Å². The molecule has 4 aromatic rings. The van der Waals surface area contributed by atoms with E-state index in [1.807, 2.05) is 53.3 Å². The molecular formula is C18H18N6OS2. The van der Waals surface area contributed by atoms with E-state index in [1.54, 1.807) is 11.3 Å². The van der Waals surface area contributed by atoms with Crippen LogP contribution in [0.3, 0.4) is 0 Å². The maximum Gasteiger partial charge on any atom is 0.222 e. The third-order valence-corrected chi connectivity index (χ3v) is 5.44. The van der Waals surface area contributed by atoms with Crippen molar-refractivity contribution in [2.45, 2.75) is 25.9 Å². The summed E-state index contributed by atoms with van der Waals surface area (Å²) < 4.78 is 2.36. The predicted octanol–water partition coefficient (Wildman–Crippen LogP) is 3.81. The van der Waals surface area contributed by atoms with E-state index in [-0.39, 0.29) is 11.9 Å². The number of para-hydroxylation sites is 2. The highest BCUT2D eigenvalue weighted by Crippen LogP contribution is 2.23. The lowest BCUT2D eigenvalue weighted by Gasteiger charge is -2.12. The van der Waals surface area contributed by atoms with E-state index in [1.165, 1.54) is 0 Å². The molecule has 0 radical (unpaired) electrons. The van der Waals surface area contributed by atoms with Crippen LogP contribution < -0.4 is 5.32 Å². The largest absolute Gasteiger partial charge is 0.346 e. The zero-order chi connectivity index (χ0) is 18.8. The van der Waals surface area contributed by atoms with Crippen molar-refractivity contribution in [3.8, 4) is 10.7 Å². The second-order valence-corrected chi connectivity index (χ2v) is 7.49. The zero-order valence-corrected chi connectivity index (χ0v) is 16.2. The number of H-pyrrole nitrogens is 2. The molecule has 0 fully saturated rings. The monoisotopic (exact) mass is 398 g/mol. The molecule has 138 valence electrons. The van der Waals surface area contributed by atoms with E-state index >= 15 is 0 Å². The lowest BCUT2D eigenvalue weighted by atomic mass is 10.3. The summed E-state index contributed by atoms with van der Waals surface area (Å²) in [6, 6.07) is 11.5. The van der Waals surface area contributed by atoms with Crippen LogP contribution in [0.1, 0.15) is 25.2 Å². The summed E-state index contributed by atoms with van der Waals surface area (Å²) in [4.78, 5) is 21.2. The molecule has 27 heavy (non-hydrogen) atoms. The number of nitrogens with zero attached hydrogens (tertiary/aromatic N) is 3. The Balaban J connectivity index is 1.41. The van der Waals surface area contributed by atoms with Crippen molar-refractivity contribution >= 4 is 40.5 Å². The van der Waals surface area contributed by atoms with Crippen LogP contribution in [-0.4, -0.2) is 30.6 Å². The van der Waals surface area contributed by atoms with Crippen LogP contribution in [-0.2, 0) is 11.3 Å². The average molecular weight is 399 g/mol. The van der Waals surface area contributed by atoms with Gasteiger partial charge in [0.1, 0.15) is 5.82 Å². The fourth-order valence-corrected chi connectivity index (χ4v) is 3.84. The topological polar surface area (TPSA) is 91.4 Å². The van der Waals surface area contributed by atoms with E-state index < -0.39 is 0 Å². The molecule has 4 rings (SSSR count). The molecule has 3 heterocycles. The van der Waals surface area contributed by atoms with Gasteiger partial charge in [-0.15, -0.1) is 11.3 Å². The Bertz CT molecular complexity index is 1090. The van der Waals surface area contributed by atoms with Gasteiger partial charge in [0.2, 0.25) is 5.91 Å². The maximum atomic E-state index is 12.4. The Morgan fingerprint density at radius 2 is 2.19 bits per heavy atom. The predicted molar refractivity (Wildman–Crippen MR) is 108 cm³/mol. The molecule has 1 atom stereocenters. The fraction of sp³-hybridized carbons (Fsp3) is 0.222. The number of aromatic nitrogens is 5. The van der Waals surface area contributed by atoms with Gasteiger partial charge in [0.05, 0.1) is 22.0 Å². The van der Waals surface area contributed by atoms with E-state index in [0.717, 1.165) is 27.6 Å². The van der Waals surface area contributed by atoms with E-state index in [9.17, 15) is 4.79 Å². The van der Waals surface area contributed by atoms with Crippen LogP contribution in [0.2, 0.25) is 0 Å². The number of rotatable bonds is 6. The molecule has 9 heteroatoms. The molecule has 7 nitrogen and oxygen atoms in total. The first kappa shape index (κ1) is 17.6. The molecular weight excluding hydrogens is 380 g/mol. The summed E-state index contributed by atoms with van der Waals surface area (Å²) in [6.07, 6.45) is 0.302. The number of benzene rings is 1. The maximum absolute atomic E-state index is 12.4. The molecule has 0 aliphatic heterocycles. The summed E-state index contributed by atoms with van der Waals surface area (Å²) in [5.74, 6) is 1.43. The average Bonchev–Trinajstić information content (AvgIpc) is 3.39. The van der Waals surface area contributed by atoms with Crippen molar-refractivity contribution in [1.82, 2.24) is 30.0 Å². The van der Waals surface area contributed by atoms with Gasteiger partial charge in [0, 0.05) is 13.0 Å². The number of carbonyl (C=O) groups excluding carboxylic acids is 1. The van der Waals surface area contributed by atoms with Gasteiger partial charge in [-0.05, 0) is 42.7 Å². The van der Waals surface area contributed by atoms with Crippen LogP contribution in [0.4, 0.5) is 0 Å². The van der Waals surface area contributed by atoms with Crippen molar-refractivity contribution in [3.05, 3.63) is 52.4 Å². The molecule has 1 amide bonds. The van der Waals surface area contributed by atoms with Crippen molar-refractivity contribution in [2.75, 3.05) is 0 Å². The molecule has 3 aromatic heterocycles. The van der Waals surface area contributed by atoms with Crippen molar-refractivity contribution < 1.29 is 4.79 Å². The Labute approximate surface area is 164 Å². The molecule has 0 saturated heterocycles. The summed E-state index contributed by atoms with van der Waals surface area (Å²) in [6.45, 7) is 2.37. The molecule has 0 aliphatic rings. The molecule has 1 aromatic carbocycles. The Morgan fingerprint density at radius 1 is 1.33 bits per heavy atom. The van der Waals surface area contributed by atoms with Crippen molar-refractivity contribution in [2.24, 2.45) is 0 Å². The Morgan fingerprint density at radius 3 is 2.96 bits per heavy atom. The van der Waals surface area contributed by atoms with Gasteiger partial charge >= 0.3 is 0 Å². The number of thiophene rings is 1. The SMILES string of the molecule is CC(NC(=O)CCn1c(-c2cccs2)n[nH]c1=S)c1nc2ccccc2[nH]1. The minimum Gasteiger partial charge on any atom is -0.346 e. The summed E-state index contributed by atoms with van der Waals surface area (Å²) in [7, 11) is 0. The highest BCUT2D eigenvalue weighted by Gasteiger charge is 2.15. The number of carbonyl (C=O) groups is 1. The first-order chi connectivity index (χ1) is 13.1. The summed E-state index contributed by atoms with van der Waals surface area (Å²) >= 11 is 6.89. The number of fused-ring (bicyclic) bond motifs is 1. The van der Waals surface area contributed by atoms with Gasteiger partial charge in [-0.1, -0.05) is 18.2 Å². The Hall–Kier alpha value is -2.78. The van der Waals surface area contributed by atoms with Crippen LogP contribution in [0.5, 0.6) is 0 Å². The van der Waals surface area contributed by atoms with Gasteiger partial charge in [-0.3, -0.25) is 14.5 Å². The highest BCUT2D eigenvalue weighted by molar-refractivity contribution is 7.71. The second-order valence-electron chi connectivity index (χ2n) is 6.16. The fourth-order valence-electron chi connectivity index (χ4n) is 2.89. The van der Waals surface area contributed by atoms with Crippen LogP contribution in [0, 0.1) is 4.77 Å². The molecule has 0 aliphatic carbocycles. The molecule has 3 N–H and O–H groups in total. The molecule has 0 saturated carbocycles. The summed E-state index contributed by atoms with van der Waals surface area (Å²) in [5, 5.41) is 12.1. The van der Waals surface area contributed by atoms with Crippen molar-refractivity contribution in [1.29, 1.82) is 0 Å². The number of hydrogen-bond donors (Lipinski definition) is 3. The standard InChI is InChI=1S/C18H18N6OS2/c1-11(16-20-12-5-2-3-6-13(12)21-16)19-15(25)8-9-24-17(22-23-18(24)26)14-7-4-10-27-14/h2-7,10-11H,8-9H2,1H3,(H,19,25)(H,20,21)(H,23,26). The molecule has 0 spiro atoms. The first-order valence-electron chi connectivity index (χ1n) is 8.55. The number of imidazole rings is 1. The third kappa shape index (κ3) is 3.69. The van der Waals surface area contributed by atoms with E-state index in [2.05, 4.69) is 25.5 Å². The van der Waals surface area contributed by atoms with Crippen LogP contribution >= 0.6 is 23.6 Å². The highest BCUT2D eigenvalue weighted by atomic mass is 32.1. The van der Waals surface area contributed by atoms with E-state index in [0.29, 0.717) is 17.7 Å². The van der Waals surface area contributed by atoms with Gasteiger partial charge in [-0.25, -0.2) is 4.98 Å². The van der Waals surface area contributed by atoms with Gasteiger partial charge in [-0.2, -0.15) is 5.10 Å². The lowest BCUT2D eigenvalue weighted by molar-refractivity contribution is -0.122. The smallest absolute Gasteiger partial charge is 0.222 e. The van der Waals surface area contributed by atoms with Crippen LogP contribution in [0.15, 0.2) is 41.8 Å². The normalized spacial score (nSPS) is 12.3. The zero-order valence-electron chi connectivity index (χ0n) is 14.6. The number of amides is 1. The van der Waals surface area contributed by atoms with Crippen molar-refractivity contribution in [3.63, 3.8) is 0 Å². The first-order valence-corrected chi connectivity index (χ1v) is 9.83. The minimum atomic E-state index is -0.209. The molecule has 1 unspecified atom stereocenters. The quantitative estimate of drug-likeness (QED) is 0.431. The third-order valence-electron chi connectivity index (χ3n) is 4.26. The van der Waals surface area contributed by atoms with Crippen LogP contribution in [0.25, 0.3) is 21.7 Å². The number of aromatic amines is 2. The van der Waals surface area contributed by atoms with Gasteiger partial charge < -0.3 is 10.3 Å². The van der Waals surface area contributed by atoms with E-state index in [4.69, 9.17) is 12.2 Å². The second kappa shape index (κ2) is 7.45. The minimum absolute atomic E-state index is 0.0665. The number of hydrogen-bond acceptors (Lipinski definition) is 5.